The Morgan fingerprint density at radius 3 is 2.45 bits per heavy atom. The van der Waals surface area contributed by atoms with Gasteiger partial charge in [0.25, 0.3) is 11.7 Å². The van der Waals surface area contributed by atoms with Crippen molar-refractivity contribution in [2.75, 3.05) is 19.1 Å². The second-order valence-corrected chi connectivity index (χ2v) is 7.79. The quantitative estimate of drug-likeness (QED) is 0.358. The number of amides is 1. The molecule has 0 saturated carbocycles. The van der Waals surface area contributed by atoms with Gasteiger partial charge in [-0.25, -0.2) is 0 Å². The third-order valence-corrected chi connectivity index (χ3v) is 5.62. The lowest BCUT2D eigenvalue weighted by molar-refractivity contribution is -0.132. The predicted octanol–water partition coefficient (Wildman–Crippen LogP) is 4.34. The van der Waals surface area contributed by atoms with Crippen molar-refractivity contribution in [2.24, 2.45) is 0 Å². The number of hydrogen-bond acceptors (Lipinski definition) is 6. The normalized spacial score (nSPS) is 17.3. The maximum Gasteiger partial charge on any atom is 0.300 e. The van der Waals surface area contributed by atoms with Crippen LogP contribution in [0.25, 0.3) is 5.76 Å². The lowest BCUT2D eigenvalue weighted by atomic mass is 9.95. The van der Waals surface area contributed by atoms with E-state index in [2.05, 4.69) is 4.98 Å². The zero-order valence-electron chi connectivity index (χ0n) is 18.8. The van der Waals surface area contributed by atoms with Gasteiger partial charge in [-0.1, -0.05) is 18.2 Å². The van der Waals surface area contributed by atoms with E-state index in [-0.39, 0.29) is 11.3 Å². The van der Waals surface area contributed by atoms with E-state index in [1.807, 2.05) is 19.9 Å². The minimum absolute atomic E-state index is 0.0511. The summed E-state index contributed by atoms with van der Waals surface area (Å²) in [6.07, 6.45) is 1.58. The van der Waals surface area contributed by atoms with Crippen molar-refractivity contribution in [2.45, 2.75) is 19.9 Å². The van der Waals surface area contributed by atoms with Crippen LogP contribution in [0, 0.1) is 13.8 Å². The number of methoxy groups -OCH3 is 2. The topological polar surface area (TPSA) is 89.0 Å². The smallest absolute Gasteiger partial charge is 0.300 e. The average molecular weight is 444 g/mol. The highest BCUT2D eigenvalue weighted by molar-refractivity contribution is 6.51. The van der Waals surface area contributed by atoms with Gasteiger partial charge in [0.1, 0.15) is 23.3 Å². The van der Waals surface area contributed by atoms with Gasteiger partial charge in [-0.05, 0) is 55.3 Å². The largest absolute Gasteiger partial charge is 0.507 e. The van der Waals surface area contributed by atoms with Crippen molar-refractivity contribution in [1.82, 2.24) is 4.98 Å². The number of carbonyl (C=O) groups excluding carboxylic acids is 2. The van der Waals surface area contributed by atoms with Gasteiger partial charge < -0.3 is 14.6 Å². The molecular formula is C26H24N2O5. The minimum atomic E-state index is -0.927. The lowest BCUT2D eigenvalue weighted by Crippen LogP contribution is -2.29. The number of anilines is 1. The molecule has 1 amide bonds. The molecule has 3 aromatic rings. The van der Waals surface area contributed by atoms with Crippen LogP contribution in [0.1, 0.15) is 28.4 Å². The number of hydrogen-bond donors (Lipinski definition) is 1. The number of carbonyl (C=O) groups is 2. The molecule has 0 spiro atoms. The van der Waals surface area contributed by atoms with Crippen molar-refractivity contribution in [3.63, 3.8) is 0 Å². The average Bonchev–Trinajstić information content (AvgIpc) is 3.09. The fourth-order valence-corrected chi connectivity index (χ4v) is 4.22. The molecule has 1 atom stereocenters. The van der Waals surface area contributed by atoms with Crippen molar-refractivity contribution < 1.29 is 24.2 Å². The first-order valence-corrected chi connectivity index (χ1v) is 10.4. The SMILES string of the molecule is COc1cccc(N2C(=O)C(=O)/C(=C(/O)c3cc(C)cc(C)c3OC)C2c2ccccn2)c1. The van der Waals surface area contributed by atoms with E-state index in [4.69, 9.17) is 9.47 Å². The molecule has 0 aliphatic carbocycles. The molecule has 0 bridgehead atoms. The molecule has 168 valence electrons. The highest BCUT2D eigenvalue weighted by Gasteiger charge is 2.48. The predicted molar refractivity (Wildman–Crippen MR) is 124 cm³/mol. The van der Waals surface area contributed by atoms with Crippen LogP contribution >= 0.6 is 0 Å². The van der Waals surface area contributed by atoms with Crippen LogP contribution in [0.15, 0.2) is 66.4 Å². The van der Waals surface area contributed by atoms with Crippen LogP contribution < -0.4 is 14.4 Å². The van der Waals surface area contributed by atoms with E-state index in [0.717, 1.165) is 11.1 Å². The monoisotopic (exact) mass is 444 g/mol. The second kappa shape index (κ2) is 8.78. The van der Waals surface area contributed by atoms with E-state index in [0.29, 0.717) is 28.4 Å². The molecule has 1 unspecified atom stereocenters. The Bertz CT molecular complexity index is 1270. The first-order valence-electron chi connectivity index (χ1n) is 10.4. The molecule has 4 rings (SSSR count). The summed E-state index contributed by atoms with van der Waals surface area (Å²) < 4.78 is 10.8. The minimum Gasteiger partial charge on any atom is -0.507 e. The van der Waals surface area contributed by atoms with Gasteiger partial charge in [-0.3, -0.25) is 19.5 Å². The summed E-state index contributed by atoms with van der Waals surface area (Å²) in [7, 11) is 3.02. The van der Waals surface area contributed by atoms with Crippen molar-refractivity contribution in [3.05, 3.63) is 88.8 Å². The number of aliphatic hydroxyl groups is 1. The number of aryl methyl sites for hydroxylation is 2. The Morgan fingerprint density at radius 2 is 1.79 bits per heavy atom. The first kappa shape index (κ1) is 22.1. The Morgan fingerprint density at radius 1 is 1.00 bits per heavy atom. The number of rotatable bonds is 5. The van der Waals surface area contributed by atoms with Gasteiger partial charge in [0.15, 0.2) is 0 Å². The number of ketones is 1. The van der Waals surface area contributed by atoms with E-state index in [1.54, 1.807) is 54.7 Å². The molecule has 1 saturated heterocycles. The molecule has 1 N–H and O–H groups in total. The van der Waals surface area contributed by atoms with Gasteiger partial charge in [0.05, 0.1) is 31.1 Å². The molecule has 1 fully saturated rings. The van der Waals surface area contributed by atoms with Crippen molar-refractivity contribution in [3.8, 4) is 11.5 Å². The van der Waals surface area contributed by atoms with E-state index in [9.17, 15) is 14.7 Å². The van der Waals surface area contributed by atoms with Crippen LogP contribution in [0.3, 0.4) is 0 Å². The summed E-state index contributed by atoms with van der Waals surface area (Å²) >= 11 is 0. The molecule has 1 aliphatic rings. The molecular weight excluding hydrogens is 420 g/mol. The Labute approximate surface area is 191 Å². The summed E-state index contributed by atoms with van der Waals surface area (Å²) in [4.78, 5) is 32.3. The van der Waals surface area contributed by atoms with Gasteiger partial charge in [-0.2, -0.15) is 0 Å². The molecule has 33 heavy (non-hydrogen) atoms. The summed E-state index contributed by atoms with van der Waals surface area (Å²) in [5, 5.41) is 11.4. The number of Topliss-reactive ketones (excluding diaryl/α,β-unsaturated/α-hetero) is 1. The number of benzene rings is 2. The van der Waals surface area contributed by atoms with E-state index in [1.165, 1.54) is 19.1 Å². The standard InChI is InChI=1S/C26H24N2O5/c1-15-12-16(2)25(33-4)19(13-15)23(29)21-22(20-10-5-6-11-27-20)28(26(31)24(21)30)17-8-7-9-18(14-17)32-3/h5-14,22,29H,1-4H3/b23-21+. The fourth-order valence-electron chi connectivity index (χ4n) is 4.22. The van der Waals surface area contributed by atoms with Crippen LogP contribution in [0.4, 0.5) is 5.69 Å². The fraction of sp³-hybridized carbons (Fsp3) is 0.192. The highest BCUT2D eigenvalue weighted by atomic mass is 16.5. The molecule has 0 radical (unpaired) electrons. The number of pyridine rings is 1. The Balaban J connectivity index is 2.00. The highest BCUT2D eigenvalue weighted by Crippen LogP contribution is 2.43. The van der Waals surface area contributed by atoms with Crippen molar-refractivity contribution >= 4 is 23.1 Å². The summed E-state index contributed by atoms with van der Waals surface area (Å²) in [5.41, 5.74) is 2.88. The van der Waals surface area contributed by atoms with Gasteiger partial charge in [-0.15, -0.1) is 0 Å². The lowest BCUT2D eigenvalue weighted by Gasteiger charge is -2.25. The number of aliphatic hydroxyl groups excluding tert-OH is 1. The van der Waals surface area contributed by atoms with Gasteiger partial charge >= 0.3 is 0 Å². The molecule has 2 heterocycles. The van der Waals surface area contributed by atoms with Crippen LogP contribution in [-0.2, 0) is 9.59 Å². The molecule has 7 heteroatoms. The number of ether oxygens (including phenoxy) is 2. The van der Waals surface area contributed by atoms with Gasteiger partial charge in [0, 0.05) is 18.0 Å². The third kappa shape index (κ3) is 3.82. The van der Waals surface area contributed by atoms with E-state index < -0.39 is 17.7 Å². The molecule has 2 aromatic carbocycles. The second-order valence-electron chi connectivity index (χ2n) is 7.79. The summed E-state index contributed by atoms with van der Waals surface area (Å²) in [6, 6.07) is 14.8. The first-order chi connectivity index (χ1) is 15.9. The van der Waals surface area contributed by atoms with Crippen molar-refractivity contribution in [1.29, 1.82) is 0 Å². The molecule has 1 aliphatic heterocycles. The maximum atomic E-state index is 13.3. The zero-order chi connectivity index (χ0) is 23.7. The van der Waals surface area contributed by atoms with Gasteiger partial charge in [0.2, 0.25) is 0 Å². The summed E-state index contributed by atoms with van der Waals surface area (Å²) in [6.45, 7) is 3.74. The molecule has 7 nitrogen and oxygen atoms in total. The maximum absolute atomic E-state index is 13.3. The Kier molecular flexibility index (Phi) is 5.87. The number of aromatic nitrogens is 1. The van der Waals surface area contributed by atoms with Crippen LogP contribution in [0.5, 0.6) is 11.5 Å². The van der Waals surface area contributed by atoms with Crippen LogP contribution in [0.2, 0.25) is 0 Å². The zero-order valence-corrected chi connectivity index (χ0v) is 18.8. The number of nitrogens with zero attached hydrogens (tertiary/aromatic N) is 2. The summed E-state index contributed by atoms with van der Waals surface area (Å²) in [5.74, 6) is -0.898. The molecule has 1 aromatic heterocycles. The Hall–Kier alpha value is -4.13. The third-order valence-electron chi connectivity index (χ3n) is 5.62. The van der Waals surface area contributed by atoms with Crippen LogP contribution in [-0.4, -0.2) is 36.0 Å². The van der Waals surface area contributed by atoms with E-state index >= 15 is 0 Å².